The molecule has 2 atom stereocenters. The fourth-order valence-corrected chi connectivity index (χ4v) is 4.77. The van der Waals surface area contributed by atoms with Crippen molar-refractivity contribution in [2.45, 2.75) is 57.2 Å². The van der Waals surface area contributed by atoms with Gasteiger partial charge in [0.2, 0.25) is 0 Å². The normalized spacial score (nSPS) is 36.6. The summed E-state index contributed by atoms with van der Waals surface area (Å²) in [6.07, 6.45) is 5.33. The summed E-state index contributed by atoms with van der Waals surface area (Å²) in [6.45, 7) is 5.26. The van der Waals surface area contributed by atoms with Crippen molar-refractivity contribution >= 4 is 9.84 Å². The lowest BCUT2D eigenvalue weighted by Gasteiger charge is -2.19. The van der Waals surface area contributed by atoms with Crippen molar-refractivity contribution < 1.29 is 8.42 Å². The van der Waals surface area contributed by atoms with Crippen LogP contribution in [0.15, 0.2) is 0 Å². The van der Waals surface area contributed by atoms with Crippen molar-refractivity contribution in [2.24, 2.45) is 5.41 Å². The van der Waals surface area contributed by atoms with Gasteiger partial charge >= 0.3 is 0 Å². The second-order valence-electron chi connectivity index (χ2n) is 6.14. The van der Waals surface area contributed by atoms with Gasteiger partial charge in [0.05, 0.1) is 11.0 Å². The molecule has 0 aromatic carbocycles. The average molecular weight is 245 g/mol. The second-order valence-corrected chi connectivity index (χ2v) is 8.54. The van der Waals surface area contributed by atoms with Crippen LogP contribution in [-0.2, 0) is 9.84 Å². The highest BCUT2D eigenvalue weighted by Crippen LogP contribution is 2.37. The van der Waals surface area contributed by atoms with E-state index in [4.69, 9.17) is 0 Å². The molecule has 94 valence electrons. The molecule has 1 heterocycles. The van der Waals surface area contributed by atoms with Gasteiger partial charge in [0.15, 0.2) is 9.84 Å². The van der Waals surface area contributed by atoms with Gasteiger partial charge in [-0.1, -0.05) is 13.8 Å². The van der Waals surface area contributed by atoms with E-state index in [1.54, 1.807) is 0 Å². The van der Waals surface area contributed by atoms with E-state index < -0.39 is 9.84 Å². The molecule has 1 aliphatic carbocycles. The minimum atomic E-state index is -2.77. The molecule has 1 saturated heterocycles. The van der Waals surface area contributed by atoms with E-state index in [0.717, 1.165) is 12.8 Å². The second kappa shape index (κ2) is 4.30. The standard InChI is InChI=1S/C12H23NO2S/c1-12(2)6-5-10(8-12)13-9-11-4-3-7-16(11,14)15/h10-11,13H,3-9H2,1-2H3. The average Bonchev–Trinajstić information content (AvgIpc) is 2.66. The fraction of sp³-hybridized carbons (Fsp3) is 1.00. The smallest absolute Gasteiger partial charge is 0.154 e. The summed E-state index contributed by atoms with van der Waals surface area (Å²) in [5.74, 6) is 0.398. The van der Waals surface area contributed by atoms with Crippen LogP contribution >= 0.6 is 0 Å². The van der Waals surface area contributed by atoms with Gasteiger partial charge < -0.3 is 5.32 Å². The molecular formula is C12H23NO2S. The third kappa shape index (κ3) is 2.77. The molecule has 1 aliphatic heterocycles. The van der Waals surface area contributed by atoms with Crippen LogP contribution in [0, 0.1) is 5.41 Å². The van der Waals surface area contributed by atoms with E-state index in [0.29, 0.717) is 23.8 Å². The molecule has 2 unspecified atom stereocenters. The first-order valence-electron chi connectivity index (χ1n) is 6.34. The summed E-state index contributed by atoms with van der Waals surface area (Å²) in [7, 11) is -2.77. The van der Waals surface area contributed by atoms with Gasteiger partial charge in [-0.05, 0) is 37.5 Å². The van der Waals surface area contributed by atoms with Crippen LogP contribution in [0.25, 0.3) is 0 Å². The third-order valence-electron chi connectivity index (χ3n) is 4.07. The number of nitrogens with one attached hydrogen (secondary N) is 1. The molecular weight excluding hydrogens is 222 g/mol. The van der Waals surface area contributed by atoms with Gasteiger partial charge in [0, 0.05) is 12.6 Å². The lowest BCUT2D eigenvalue weighted by Crippen LogP contribution is -2.36. The van der Waals surface area contributed by atoms with Crippen LogP contribution in [0.5, 0.6) is 0 Å². The molecule has 2 fully saturated rings. The quantitative estimate of drug-likeness (QED) is 0.823. The predicted octanol–water partition coefficient (Wildman–Crippen LogP) is 1.73. The number of hydrogen-bond acceptors (Lipinski definition) is 3. The predicted molar refractivity (Wildman–Crippen MR) is 66.2 cm³/mol. The van der Waals surface area contributed by atoms with Crippen LogP contribution in [0.2, 0.25) is 0 Å². The number of rotatable bonds is 3. The molecule has 0 aromatic rings. The van der Waals surface area contributed by atoms with E-state index >= 15 is 0 Å². The summed E-state index contributed by atoms with van der Waals surface area (Å²) >= 11 is 0. The maximum Gasteiger partial charge on any atom is 0.154 e. The summed E-state index contributed by atoms with van der Waals surface area (Å²) < 4.78 is 23.3. The van der Waals surface area contributed by atoms with Gasteiger partial charge in [-0.3, -0.25) is 0 Å². The van der Waals surface area contributed by atoms with Crippen LogP contribution in [-0.4, -0.2) is 32.0 Å². The molecule has 0 radical (unpaired) electrons. The Bertz CT molecular complexity index is 348. The Morgan fingerprint density at radius 2 is 2.06 bits per heavy atom. The van der Waals surface area contributed by atoms with Gasteiger partial charge in [-0.2, -0.15) is 0 Å². The zero-order valence-electron chi connectivity index (χ0n) is 10.3. The molecule has 0 aromatic heterocycles. The summed E-state index contributed by atoms with van der Waals surface area (Å²) in [6, 6.07) is 0.533. The SMILES string of the molecule is CC1(C)CCC(NCC2CCCS2(=O)=O)C1. The van der Waals surface area contributed by atoms with Crippen molar-refractivity contribution in [2.75, 3.05) is 12.3 Å². The highest BCUT2D eigenvalue weighted by Gasteiger charge is 2.34. The van der Waals surface area contributed by atoms with Crippen LogP contribution < -0.4 is 5.32 Å². The van der Waals surface area contributed by atoms with Gasteiger partial charge in [-0.25, -0.2) is 8.42 Å². The third-order valence-corrected chi connectivity index (χ3v) is 6.34. The first-order valence-corrected chi connectivity index (χ1v) is 8.06. The van der Waals surface area contributed by atoms with Gasteiger partial charge in [-0.15, -0.1) is 0 Å². The highest BCUT2D eigenvalue weighted by molar-refractivity contribution is 7.92. The Balaban J connectivity index is 1.81. The van der Waals surface area contributed by atoms with E-state index in [2.05, 4.69) is 19.2 Å². The topological polar surface area (TPSA) is 46.2 Å². The molecule has 3 nitrogen and oxygen atoms in total. The molecule has 0 bridgehead atoms. The highest BCUT2D eigenvalue weighted by atomic mass is 32.2. The molecule has 16 heavy (non-hydrogen) atoms. The largest absolute Gasteiger partial charge is 0.313 e. The molecule has 0 spiro atoms. The Morgan fingerprint density at radius 1 is 1.31 bits per heavy atom. The van der Waals surface area contributed by atoms with Crippen molar-refractivity contribution in [3.63, 3.8) is 0 Å². The van der Waals surface area contributed by atoms with Crippen molar-refractivity contribution in [1.29, 1.82) is 0 Å². The minimum absolute atomic E-state index is 0.115. The van der Waals surface area contributed by atoms with Crippen molar-refractivity contribution in [3.05, 3.63) is 0 Å². The van der Waals surface area contributed by atoms with E-state index in [-0.39, 0.29) is 5.25 Å². The zero-order chi connectivity index (χ0) is 11.8. The van der Waals surface area contributed by atoms with Gasteiger partial charge in [0.25, 0.3) is 0 Å². The van der Waals surface area contributed by atoms with E-state index in [9.17, 15) is 8.42 Å². The van der Waals surface area contributed by atoms with Crippen LogP contribution in [0.1, 0.15) is 46.0 Å². The lowest BCUT2D eigenvalue weighted by atomic mass is 9.92. The van der Waals surface area contributed by atoms with Crippen molar-refractivity contribution in [3.8, 4) is 0 Å². The molecule has 0 amide bonds. The maximum atomic E-state index is 11.7. The molecule has 1 saturated carbocycles. The molecule has 2 aliphatic rings. The fourth-order valence-electron chi connectivity index (χ4n) is 3.00. The minimum Gasteiger partial charge on any atom is -0.313 e. The molecule has 4 heteroatoms. The van der Waals surface area contributed by atoms with E-state index in [1.165, 1.54) is 19.3 Å². The summed E-state index contributed by atoms with van der Waals surface area (Å²) in [4.78, 5) is 0. The lowest BCUT2D eigenvalue weighted by molar-refractivity contribution is 0.364. The number of hydrogen-bond donors (Lipinski definition) is 1. The maximum absolute atomic E-state index is 11.7. The Morgan fingerprint density at radius 3 is 2.56 bits per heavy atom. The monoisotopic (exact) mass is 245 g/mol. The first kappa shape index (κ1) is 12.4. The number of sulfone groups is 1. The Labute approximate surface area is 98.9 Å². The summed E-state index contributed by atoms with van der Waals surface area (Å²) in [5.41, 5.74) is 0.437. The summed E-state index contributed by atoms with van der Waals surface area (Å²) in [5, 5.41) is 3.34. The van der Waals surface area contributed by atoms with Crippen LogP contribution in [0.3, 0.4) is 0 Å². The molecule has 2 rings (SSSR count). The van der Waals surface area contributed by atoms with Crippen molar-refractivity contribution in [1.82, 2.24) is 5.32 Å². The Kier molecular flexibility index (Phi) is 3.32. The van der Waals surface area contributed by atoms with Crippen LogP contribution in [0.4, 0.5) is 0 Å². The molecule has 1 N–H and O–H groups in total. The van der Waals surface area contributed by atoms with E-state index in [1.807, 2.05) is 0 Å². The Hall–Kier alpha value is -0.0900. The van der Waals surface area contributed by atoms with Gasteiger partial charge in [0.1, 0.15) is 0 Å². The zero-order valence-corrected chi connectivity index (χ0v) is 11.1. The first-order chi connectivity index (χ1) is 7.39.